The summed E-state index contributed by atoms with van der Waals surface area (Å²) in [5, 5.41) is 9.74. The number of aryl methyl sites for hydroxylation is 1. The van der Waals surface area contributed by atoms with Crippen molar-refractivity contribution in [2.24, 2.45) is 0 Å². The van der Waals surface area contributed by atoms with Crippen LogP contribution in [0.5, 0.6) is 11.5 Å². The van der Waals surface area contributed by atoms with E-state index in [1.54, 1.807) is 18.2 Å². The largest absolute Gasteiger partial charge is 0.494 e. The molecule has 5 rings (SSSR count). The maximum atomic E-state index is 13.6. The first-order valence-corrected chi connectivity index (χ1v) is 11.4. The molecule has 0 bridgehead atoms. The summed E-state index contributed by atoms with van der Waals surface area (Å²) in [7, 11) is 0. The average molecular weight is 464 g/mol. The summed E-state index contributed by atoms with van der Waals surface area (Å²) in [4.78, 5) is 28.7. The Hall–Kier alpha value is -3.72. The summed E-state index contributed by atoms with van der Waals surface area (Å²) in [5.74, 6) is 0.852. The predicted octanol–water partition coefficient (Wildman–Crippen LogP) is 4.50. The Morgan fingerprint density at radius 3 is 2.36 bits per heavy atom. The van der Waals surface area contributed by atoms with Crippen molar-refractivity contribution in [3.63, 3.8) is 0 Å². The van der Waals surface area contributed by atoms with Crippen LogP contribution in [0.2, 0.25) is 0 Å². The summed E-state index contributed by atoms with van der Waals surface area (Å²) in [6.45, 7) is 6.61. The van der Waals surface area contributed by atoms with E-state index in [0.717, 1.165) is 5.56 Å². The number of carbonyl (C=O) groups excluding carboxylic acids is 1. The molecule has 0 N–H and O–H groups in total. The third kappa shape index (κ3) is 3.54. The van der Waals surface area contributed by atoms with Gasteiger partial charge in [-0.25, -0.2) is 0 Å². The van der Waals surface area contributed by atoms with E-state index in [9.17, 15) is 9.59 Å². The van der Waals surface area contributed by atoms with Gasteiger partial charge in [0.05, 0.1) is 30.2 Å². The lowest BCUT2D eigenvalue weighted by Crippen LogP contribution is -2.29. The maximum Gasteiger partial charge on any atom is 0.297 e. The molecule has 0 spiro atoms. The lowest BCUT2D eigenvalue weighted by molar-refractivity contribution is 0.0970. The van der Waals surface area contributed by atoms with Gasteiger partial charge in [0, 0.05) is 6.07 Å². The number of ether oxygens (including phenoxy) is 2. The second kappa shape index (κ2) is 8.32. The zero-order valence-corrected chi connectivity index (χ0v) is 19.1. The highest BCUT2D eigenvalue weighted by Crippen LogP contribution is 2.42. The van der Waals surface area contributed by atoms with Crippen LogP contribution >= 0.6 is 11.3 Å². The van der Waals surface area contributed by atoms with E-state index in [1.807, 2.05) is 45.0 Å². The molecule has 1 amide bonds. The first kappa shape index (κ1) is 21.1. The fraction of sp³-hybridized carbons (Fsp3) is 0.250. The molecule has 0 radical (unpaired) electrons. The molecular formula is C24H21N3O5S. The van der Waals surface area contributed by atoms with E-state index in [0.29, 0.717) is 45.8 Å². The van der Waals surface area contributed by atoms with E-state index in [2.05, 4.69) is 10.2 Å². The molecule has 2 aromatic heterocycles. The minimum Gasteiger partial charge on any atom is -0.494 e. The van der Waals surface area contributed by atoms with Gasteiger partial charge in [0.2, 0.25) is 10.9 Å². The average Bonchev–Trinajstić information content (AvgIpc) is 3.36. The van der Waals surface area contributed by atoms with E-state index < -0.39 is 11.9 Å². The molecule has 0 fully saturated rings. The monoisotopic (exact) mass is 463 g/mol. The minimum atomic E-state index is -0.692. The molecule has 3 heterocycles. The van der Waals surface area contributed by atoms with Crippen LogP contribution in [-0.2, 0) is 0 Å². The van der Waals surface area contributed by atoms with Crippen molar-refractivity contribution in [1.82, 2.24) is 10.2 Å². The molecule has 9 heteroatoms. The molecular weight excluding hydrogens is 442 g/mol. The summed E-state index contributed by atoms with van der Waals surface area (Å²) >= 11 is 1.28. The van der Waals surface area contributed by atoms with Crippen LogP contribution in [0.15, 0.2) is 51.7 Å². The van der Waals surface area contributed by atoms with Gasteiger partial charge in [-0.1, -0.05) is 23.5 Å². The van der Waals surface area contributed by atoms with Crippen molar-refractivity contribution in [2.75, 3.05) is 18.1 Å². The van der Waals surface area contributed by atoms with Crippen LogP contribution in [0.25, 0.3) is 11.0 Å². The van der Waals surface area contributed by atoms with Gasteiger partial charge < -0.3 is 13.9 Å². The predicted molar refractivity (Wildman–Crippen MR) is 125 cm³/mol. The standard InChI is InChI=1S/C24H21N3O5S/c1-4-30-15-8-6-14(7-9-15)20-19-21(28)17-11-10-16(31-5-2)12-18(17)32-22(19)23(29)27(20)24-26-25-13(3)33-24/h6-12,20H,4-5H2,1-3H3. The normalized spacial score (nSPS) is 15.2. The zero-order valence-electron chi connectivity index (χ0n) is 18.3. The SMILES string of the molecule is CCOc1ccc(C2c3c(oc4cc(OCC)ccc4c3=O)C(=O)N2c2nnc(C)s2)cc1. The Kier molecular flexibility index (Phi) is 5.33. The highest BCUT2D eigenvalue weighted by atomic mass is 32.1. The molecule has 4 aromatic rings. The molecule has 1 unspecified atom stereocenters. The van der Waals surface area contributed by atoms with E-state index in [-0.39, 0.29) is 16.8 Å². The van der Waals surface area contributed by atoms with Gasteiger partial charge in [-0.2, -0.15) is 0 Å². The Morgan fingerprint density at radius 2 is 1.70 bits per heavy atom. The van der Waals surface area contributed by atoms with Gasteiger partial charge in [0.15, 0.2) is 5.43 Å². The van der Waals surface area contributed by atoms with Crippen molar-refractivity contribution in [3.05, 3.63) is 74.6 Å². The number of aromatic nitrogens is 2. The molecule has 168 valence electrons. The van der Waals surface area contributed by atoms with Crippen LogP contribution in [-0.4, -0.2) is 29.3 Å². The molecule has 0 saturated carbocycles. The third-order valence-corrected chi connectivity index (χ3v) is 6.22. The van der Waals surface area contributed by atoms with Crippen LogP contribution in [0.3, 0.4) is 0 Å². The Balaban J connectivity index is 1.72. The fourth-order valence-electron chi connectivity index (χ4n) is 4.02. The van der Waals surface area contributed by atoms with E-state index >= 15 is 0 Å². The second-order valence-electron chi connectivity index (χ2n) is 7.45. The molecule has 33 heavy (non-hydrogen) atoms. The van der Waals surface area contributed by atoms with Crippen molar-refractivity contribution in [2.45, 2.75) is 26.8 Å². The molecule has 1 atom stereocenters. The number of fused-ring (bicyclic) bond motifs is 2. The topological polar surface area (TPSA) is 94.8 Å². The van der Waals surface area contributed by atoms with Gasteiger partial charge in [-0.15, -0.1) is 10.2 Å². The van der Waals surface area contributed by atoms with Crippen LogP contribution in [0.1, 0.15) is 46.6 Å². The quantitative estimate of drug-likeness (QED) is 0.415. The van der Waals surface area contributed by atoms with Gasteiger partial charge in [-0.05, 0) is 50.6 Å². The number of carbonyl (C=O) groups is 1. The summed E-state index contributed by atoms with van der Waals surface area (Å²) in [5.41, 5.74) is 1.08. The molecule has 0 aliphatic carbocycles. The molecule has 1 aliphatic heterocycles. The fourth-order valence-corrected chi connectivity index (χ4v) is 4.73. The van der Waals surface area contributed by atoms with Crippen LogP contribution < -0.4 is 19.8 Å². The number of anilines is 1. The summed E-state index contributed by atoms with van der Waals surface area (Å²) < 4.78 is 17.1. The Labute approximate surface area is 193 Å². The van der Waals surface area contributed by atoms with Crippen molar-refractivity contribution < 1.29 is 18.7 Å². The number of benzene rings is 2. The molecule has 1 aliphatic rings. The lowest BCUT2D eigenvalue weighted by atomic mass is 9.98. The highest BCUT2D eigenvalue weighted by Gasteiger charge is 2.45. The molecule has 2 aromatic carbocycles. The van der Waals surface area contributed by atoms with Crippen LogP contribution in [0, 0.1) is 6.92 Å². The third-order valence-electron chi connectivity index (χ3n) is 5.38. The number of hydrogen-bond acceptors (Lipinski definition) is 8. The van der Waals surface area contributed by atoms with Crippen LogP contribution in [0.4, 0.5) is 5.13 Å². The number of rotatable bonds is 6. The Morgan fingerprint density at radius 1 is 1.00 bits per heavy atom. The number of amides is 1. The van der Waals surface area contributed by atoms with E-state index in [4.69, 9.17) is 13.9 Å². The van der Waals surface area contributed by atoms with Gasteiger partial charge in [0.1, 0.15) is 22.1 Å². The maximum absolute atomic E-state index is 13.6. The van der Waals surface area contributed by atoms with Gasteiger partial charge >= 0.3 is 0 Å². The van der Waals surface area contributed by atoms with Crippen molar-refractivity contribution >= 4 is 33.3 Å². The van der Waals surface area contributed by atoms with E-state index in [1.165, 1.54) is 16.2 Å². The van der Waals surface area contributed by atoms with Crippen molar-refractivity contribution in [3.8, 4) is 11.5 Å². The summed E-state index contributed by atoms with van der Waals surface area (Å²) in [6, 6.07) is 11.7. The summed E-state index contributed by atoms with van der Waals surface area (Å²) in [6.07, 6.45) is 0. The van der Waals surface area contributed by atoms with Gasteiger partial charge in [0.25, 0.3) is 5.91 Å². The first-order chi connectivity index (χ1) is 16.0. The molecule has 8 nitrogen and oxygen atoms in total. The highest BCUT2D eigenvalue weighted by molar-refractivity contribution is 7.15. The second-order valence-corrected chi connectivity index (χ2v) is 8.61. The van der Waals surface area contributed by atoms with Crippen molar-refractivity contribution in [1.29, 1.82) is 0 Å². The van der Waals surface area contributed by atoms with Gasteiger partial charge in [-0.3, -0.25) is 14.5 Å². The smallest absolute Gasteiger partial charge is 0.297 e. The zero-order chi connectivity index (χ0) is 23.1. The number of hydrogen-bond donors (Lipinski definition) is 0. The number of nitrogens with zero attached hydrogens (tertiary/aromatic N) is 3. The Bertz CT molecular complexity index is 1410. The minimum absolute atomic E-state index is 0.00730. The first-order valence-electron chi connectivity index (χ1n) is 10.6. The lowest BCUT2D eigenvalue weighted by Gasteiger charge is -2.22. The molecule has 0 saturated heterocycles.